The van der Waals surface area contributed by atoms with Crippen molar-refractivity contribution in [1.29, 1.82) is 0 Å². The summed E-state index contributed by atoms with van der Waals surface area (Å²) in [5.74, 6) is -0.268. The van der Waals surface area contributed by atoms with Gasteiger partial charge in [-0.3, -0.25) is 0 Å². The smallest absolute Gasteiger partial charge is 0.333 e. The molecule has 0 atom stereocenters. The van der Waals surface area contributed by atoms with E-state index in [1.807, 2.05) is 0 Å². The van der Waals surface area contributed by atoms with Crippen LogP contribution in [0.2, 0.25) is 5.04 Å². The maximum atomic E-state index is 11.0. The maximum absolute atomic E-state index is 11.0. The number of carbonyl (C=O) groups is 1. The van der Waals surface area contributed by atoms with Gasteiger partial charge in [0, 0.05) is 15.8 Å². The van der Waals surface area contributed by atoms with E-state index >= 15 is 0 Å². The van der Waals surface area contributed by atoms with Crippen molar-refractivity contribution in [1.82, 2.24) is 0 Å². The molecule has 0 aliphatic heterocycles. The van der Waals surface area contributed by atoms with Crippen molar-refractivity contribution in [3.63, 3.8) is 0 Å². The molecule has 0 saturated carbocycles. The average molecular weight is 214 g/mol. The van der Waals surface area contributed by atoms with E-state index in [1.165, 1.54) is 16.7 Å². The number of esters is 1. The Morgan fingerprint density at radius 1 is 1.43 bits per heavy atom. The van der Waals surface area contributed by atoms with Crippen LogP contribution in [0, 0.1) is 0 Å². The fourth-order valence-corrected chi connectivity index (χ4v) is 1.40. The van der Waals surface area contributed by atoms with Crippen molar-refractivity contribution in [3.8, 4) is 0 Å². The number of unbranched alkanes of at least 4 members (excludes halogenated alkanes) is 1. The van der Waals surface area contributed by atoms with Crippen molar-refractivity contribution >= 4 is 16.2 Å². The molecular formula is C11H22O2Si. The molecule has 0 aromatic heterocycles. The van der Waals surface area contributed by atoms with Gasteiger partial charge in [-0.05, 0) is 24.8 Å². The van der Waals surface area contributed by atoms with Crippen molar-refractivity contribution in [2.75, 3.05) is 6.61 Å². The maximum Gasteiger partial charge on any atom is 0.333 e. The first kappa shape index (κ1) is 13.4. The molecule has 0 rings (SSSR count). The molecule has 0 radical (unpaired) electrons. The summed E-state index contributed by atoms with van der Waals surface area (Å²) in [6.45, 7) is 10.3. The van der Waals surface area contributed by atoms with E-state index in [9.17, 15) is 4.79 Å². The molecule has 0 saturated heterocycles. The monoisotopic (exact) mass is 214 g/mol. The summed E-state index contributed by atoms with van der Waals surface area (Å²) in [6, 6.07) is 0. The van der Waals surface area contributed by atoms with Gasteiger partial charge in [0.25, 0.3) is 0 Å². The number of ether oxygens (including phenoxy) is 1. The average Bonchev–Trinajstić information content (AvgIpc) is 2.01. The van der Waals surface area contributed by atoms with Crippen LogP contribution in [0.4, 0.5) is 0 Å². The second kappa shape index (κ2) is 6.01. The molecule has 0 amide bonds. The van der Waals surface area contributed by atoms with Crippen LogP contribution >= 0.6 is 0 Å². The summed E-state index contributed by atoms with van der Waals surface area (Å²) in [5, 5.41) is 0.512. The third kappa shape index (κ3) is 8.04. The Balaban J connectivity index is 3.39. The normalized spacial score (nSPS) is 11.4. The van der Waals surface area contributed by atoms with E-state index in [2.05, 4.69) is 20.4 Å². The van der Waals surface area contributed by atoms with Gasteiger partial charge in [-0.15, -0.1) is 0 Å². The van der Waals surface area contributed by atoms with Gasteiger partial charge in [0.1, 0.15) is 0 Å². The van der Waals surface area contributed by atoms with Crippen molar-refractivity contribution < 1.29 is 9.53 Å². The zero-order valence-corrected chi connectivity index (χ0v) is 11.9. The number of hydrogen-bond acceptors (Lipinski definition) is 2. The fourth-order valence-electron chi connectivity index (χ4n) is 1.05. The lowest BCUT2D eigenvalue weighted by Gasteiger charge is -2.17. The minimum atomic E-state index is -0.268. The standard InChI is InChI=1S/C11H22O2Si/c1-9(2)10(12)13-8-6-5-7-11(3,4)14/h1,5-8H2,2-4,14H3. The second-order valence-corrected chi connectivity index (χ2v) is 7.64. The topological polar surface area (TPSA) is 26.3 Å². The predicted octanol–water partition coefficient (Wildman–Crippen LogP) is 1.84. The zero-order chi connectivity index (χ0) is 11.2. The molecule has 0 spiro atoms. The predicted molar refractivity (Wildman–Crippen MR) is 63.6 cm³/mol. The molecule has 0 unspecified atom stereocenters. The quantitative estimate of drug-likeness (QED) is 0.292. The Labute approximate surface area is 90.1 Å². The number of carbonyl (C=O) groups excluding carboxylic acids is 1. The highest BCUT2D eigenvalue weighted by molar-refractivity contribution is 6.14. The minimum Gasteiger partial charge on any atom is -0.462 e. The van der Waals surface area contributed by atoms with Crippen molar-refractivity contribution in [3.05, 3.63) is 12.2 Å². The molecule has 0 bridgehead atoms. The third-order valence-electron chi connectivity index (χ3n) is 1.90. The molecule has 0 aliphatic carbocycles. The van der Waals surface area contributed by atoms with Crippen LogP contribution in [0.5, 0.6) is 0 Å². The van der Waals surface area contributed by atoms with Gasteiger partial charge in [-0.1, -0.05) is 26.8 Å². The van der Waals surface area contributed by atoms with Gasteiger partial charge >= 0.3 is 5.97 Å². The van der Waals surface area contributed by atoms with Gasteiger partial charge in [0.15, 0.2) is 0 Å². The van der Waals surface area contributed by atoms with Crippen LogP contribution < -0.4 is 0 Å². The molecule has 3 heteroatoms. The molecule has 14 heavy (non-hydrogen) atoms. The second-order valence-electron chi connectivity index (χ2n) is 4.93. The van der Waals surface area contributed by atoms with Crippen molar-refractivity contribution in [2.45, 2.75) is 45.1 Å². The molecule has 82 valence electrons. The first-order valence-corrected chi connectivity index (χ1v) is 6.15. The third-order valence-corrected chi connectivity index (χ3v) is 2.40. The lowest BCUT2D eigenvalue weighted by molar-refractivity contribution is -0.139. The summed E-state index contributed by atoms with van der Waals surface area (Å²) in [6.07, 6.45) is 3.33. The summed E-state index contributed by atoms with van der Waals surface area (Å²) in [5.41, 5.74) is 0.480. The number of rotatable bonds is 6. The zero-order valence-electron chi connectivity index (χ0n) is 9.85. The Morgan fingerprint density at radius 2 is 2.00 bits per heavy atom. The molecule has 0 aliphatic rings. The first-order chi connectivity index (χ1) is 6.33. The van der Waals surface area contributed by atoms with Crippen LogP contribution in [0.25, 0.3) is 0 Å². The van der Waals surface area contributed by atoms with E-state index in [-0.39, 0.29) is 5.97 Å². The Kier molecular flexibility index (Phi) is 5.77. The molecule has 0 N–H and O–H groups in total. The first-order valence-electron chi connectivity index (χ1n) is 5.15. The SMILES string of the molecule is C=C(C)C(=O)OCCCCC(C)(C)[SiH3]. The summed E-state index contributed by atoms with van der Waals surface area (Å²) in [7, 11) is 1.22. The lowest BCUT2D eigenvalue weighted by atomic mass is 10.1. The van der Waals surface area contributed by atoms with E-state index in [4.69, 9.17) is 4.74 Å². The summed E-state index contributed by atoms with van der Waals surface area (Å²) in [4.78, 5) is 11.0. The van der Waals surface area contributed by atoms with E-state index in [0.717, 1.165) is 12.8 Å². The van der Waals surface area contributed by atoms with E-state index in [1.54, 1.807) is 6.92 Å². The van der Waals surface area contributed by atoms with E-state index in [0.29, 0.717) is 17.2 Å². The molecule has 0 fully saturated rings. The Hall–Kier alpha value is -0.573. The van der Waals surface area contributed by atoms with Crippen molar-refractivity contribution in [2.24, 2.45) is 0 Å². The molecular weight excluding hydrogens is 192 g/mol. The van der Waals surface area contributed by atoms with Gasteiger partial charge in [0.2, 0.25) is 0 Å². The highest BCUT2D eigenvalue weighted by Crippen LogP contribution is 2.25. The van der Waals surface area contributed by atoms with Gasteiger partial charge in [-0.2, -0.15) is 0 Å². The van der Waals surface area contributed by atoms with Gasteiger partial charge < -0.3 is 4.74 Å². The summed E-state index contributed by atoms with van der Waals surface area (Å²) >= 11 is 0. The van der Waals surface area contributed by atoms with Crippen LogP contribution in [0.15, 0.2) is 12.2 Å². The van der Waals surface area contributed by atoms with Gasteiger partial charge in [-0.25, -0.2) is 4.79 Å². The number of hydrogen-bond donors (Lipinski definition) is 0. The van der Waals surface area contributed by atoms with Gasteiger partial charge in [0.05, 0.1) is 6.61 Å². The Bertz CT molecular complexity index is 204. The molecule has 0 aromatic carbocycles. The van der Waals surface area contributed by atoms with Crippen LogP contribution in [0.3, 0.4) is 0 Å². The van der Waals surface area contributed by atoms with E-state index < -0.39 is 0 Å². The van der Waals surface area contributed by atoms with Crippen LogP contribution in [0.1, 0.15) is 40.0 Å². The molecule has 2 nitrogen and oxygen atoms in total. The fraction of sp³-hybridized carbons (Fsp3) is 0.727. The van der Waals surface area contributed by atoms with Crippen LogP contribution in [-0.2, 0) is 9.53 Å². The minimum absolute atomic E-state index is 0.268. The molecule has 0 aromatic rings. The highest BCUT2D eigenvalue weighted by atomic mass is 28.1. The lowest BCUT2D eigenvalue weighted by Crippen LogP contribution is -2.07. The summed E-state index contributed by atoms with van der Waals surface area (Å²) < 4.78 is 4.99. The highest BCUT2D eigenvalue weighted by Gasteiger charge is 2.09. The van der Waals surface area contributed by atoms with Crippen LogP contribution in [-0.4, -0.2) is 22.8 Å². The molecule has 0 heterocycles. The Morgan fingerprint density at radius 3 is 2.43 bits per heavy atom. The largest absolute Gasteiger partial charge is 0.462 e.